The fraction of sp³-hybridized carbons (Fsp3) is 0.368. The lowest BCUT2D eigenvalue weighted by Gasteiger charge is -2.29. The molecule has 118 valence electrons. The number of nitrogens with zero attached hydrogens (tertiary/aromatic N) is 1. The Morgan fingerprint density at radius 1 is 0.955 bits per heavy atom. The molecule has 0 saturated heterocycles. The second-order valence-electron chi connectivity index (χ2n) is 6.26. The van der Waals surface area contributed by atoms with Crippen LogP contribution in [0.3, 0.4) is 0 Å². The van der Waals surface area contributed by atoms with Crippen molar-refractivity contribution in [3.05, 3.63) is 65.7 Å². The Kier molecular flexibility index (Phi) is 5.58. The van der Waals surface area contributed by atoms with E-state index < -0.39 is 5.60 Å². The van der Waals surface area contributed by atoms with Crippen LogP contribution < -0.4 is 4.74 Å². The van der Waals surface area contributed by atoms with Crippen LogP contribution in [-0.2, 0) is 13.1 Å². The second-order valence-corrected chi connectivity index (χ2v) is 6.26. The summed E-state index contributed by atoms with van der Waals surface area (Å²) < 4.78 is 5.44. The van der Waals surface area contributed by atoms with Crippen LogP contribution in [0.15, 0.2) is 54.6 Å². The summed E-state index contributed by atoms with van der Waals surface area (Å²) in [6.45, 7) is 5.81. The van der Waals surface area contributed by atoms with Gasteiger partial charge in [0.05, 0.1) is 12.7 Å². The molecule has 0 aliphatic heterocycles. The summed E-state index contributed by atoms with van der Waals surface area (Å²) in [5.74, 6) is 0.885. The summed E-state index contributed by atoms with van der Waals surface area (Å²) in [5, 5.41) is 10.2. The molecule has 3 heteroatoms. The average Bonchev–Trinajstić information content (AvgIpc) is 2.47. The Morgan fingerprint density at radius 3 is 2.23 bits per heavy atom. The van der Waals surface area contributed by atoms with E-state index in [2.05, 4.69) is 23.1 Å². The third-order valence-electron chi connectivity index (χ3n) is 3.45. The number of hydrogen-bond donors (Lipinski definition) is 1. The van der Waals surface area contributed by atoms with E-state index in [1.807, 2.05) is 50.2 Å². The molecule has 3 nitrogen and oxygen atoms in total. The Morgan fingerprint density at radius 2 is 1.59 bits per heavy atom. The minimum atomic E-state index is -0.739. The Balaban J connectivity index is 2.17. The molecule has 0 fully saturated rings. The van der Waals surface area contributed by atoms with Crippen molar-refractivity contribution in [3.63, 3.8) is 0 Å². The highest BCUT2D eigenvalue weighted by Gasteiger charge is 2.19. The predicted octanol–water partition coefficient (Wildman–Crippen LogP) is 3.47. The minimum Gasteiger partial charge on any atom is -0.496 e. The van der Waals surface area contributed by atoms with Gasteiger partial charge in [0.25, 0.3) is 0 Å². The molecule has 0 unspecified atom stereocenters. The lowest BCUT2D eigenvalue weighted by molar-refractivity contribution is 0.0304. The molecule has 0 aliphatic rings. The van der Waals surface area contributed by atoms with Crippen LogP contribution in [0, 0.1) is 0 Å². The maximum atomic E-state index is 10.2. The van der Waals surface area contributed by atoms with Crippen LogP contribution in [0.4, 0.5) is 0 Å². The Bertz CT molecular complexity index is 575. The zero-order valence-electron chi connectivity index (χ0n) is 13.6. The van der Waals surface area contributed by atoms with E-state index >= 15 is 0 Å². The van der Waals surface area contributed by atoms with Gasteiger partial charge in [0.2, 0.25) is 0 Å². The number of hydrogen-bond acceptors (Lipinski definition) is 3. The molecule has 0 saturated carbocycles. The van der Waals surface area contributed by atoms with Crippen molar-refractivity contribution >= 4 is 0 Å². The topological polar surface area (TPSA) is 32.7 Å². The van der Waals surface area contributed by atoms with Gasteiger partial charge in [-0.2, -0.15) is 0 Å². The fourth-order valence-electron chi connectivity index (χ4n) is 2.63. The smallest absolute Gasteiger partial charge is 0.123 e. The first kappa shape index (κ1) is 16.5. The summed E-state index contributed by atoms with van der Waals surface area (Å²) in [6, 6.07) is 18.4. The lowest BCUT2D eigenvalue weighted by atomic mass is 10.1. The monoisotopic (exact) mass is 299 g/mol. The molecule has 2 aromatic carbocycles. The maximum Gasteiger partial charge on any atom is 0.123 e. The third-order valence-corrected chi connectivity index (χ3v) is 3.45. The molecule has 0 atom stereocenters. The molecule has 0 bridgehead atoms. The predicted molar refractivity (Wildman–Crippen MR) is 89.8 cm³/mol. The van der Waals surface area contributed by atoms with Gasteiger partial charge in [-0.3, -0.25) is 4.90 Å². The van der Waals surface area contributed by atoms with Crippen LogP contribution in [-0.4, -0.2) is 29.3 Å². The van der Waals surface area contributed by atoms with Crippen LogP contribution in [0.2, 0.25) is 0 Å². The molecule has 0 aromatic heterocycles. The van der Waals surface area contributed by atoms with Crippen molar-refractivity contribution in [3.8, 4) is 5.75 Å². The molecule has 0 aliphatic carbocycles. The second kappa shape index (κ2) is 7.43. The molecule has 0 spiro atoms. The lowest BCUT2D eigenvalue weighted by Crippen LogP contribution is -2.38. The van der Waals surface area contributed by atoms with Gasteiger partial charge in [-0.25, -0.2) is 0 Å². The van der Waals surface area contributed by atoms with Crippen LogP contribution in [0.25, 0.3) is 0 Å². The van der Waals surface area contributed by atoms with Gasteiger partial charge in [0.1, 0.15) is 5.75 Å². The molecular weight excluding hydrogens is 274 g/mol. The van der Waals surface area contributed by atoms with E-state index in [4.69, 9.17) is 4.74 Å². The molecule has 1 N–H and O–H groups in total. The van der Waals surface area contributed by atoms with Crippen molar-refractivity contribution in [2.45, 2.75) is 32.5 Å². The number of ether oxygens (including phenoxy) is 1. The quantitative estimate of drug-likeness (QED) is 0.850. The Hall–Kier alpha value is -1.84. The van der Waals surface area contributed by atoms with Crippen molar-refractivity contribution in [1.82, 2.24) is 4.90 Å². The van der Waals surface area contributed by atoms with Crippen molar-refractivity contribution in [1.29, 1.82) is 0 Å². The zero-order valence-corrected chi connectivity index (χ0v) is 13.6. The SMILES string of the molecule is COc1ccccc1CN(Cc1ccccc1)CC(C)(C)O. The summed E-state index contributed by atoms with van der Waals surface area (Å²) in [5.41, 5.74) is 1.63. The van der Waals surface area contributed by atoms with Gasteiger partial charge in [-0.05, 0) is 25.5 Å². The number of rotatable bonds is 7. The standard InChI is InChI=1S/C19H25NO2/c1-19(2,21)15-20(13-16-9-5-4-6-10-16)14-17-11-7-8-12-18(17)22-3/h4-12,21H,13-15H2,1-3H3. The fourth-order valence-corrected chi connectivity index (χ4v) is 2.63. The van der Waals surface area contributed by atoms with E-state index in [0.29, 0.717) is 6.54 Å². The van der Waals surface area contributed by atoms with Crippen LogP contribution in [0.5, 0.6) is 5.75 Å². The average molecular weight is 299 g/mol. The highest BCUT2D eigenvalue weighted by atomic mass is 16.5. The van der Waals surface area contributed by atoms with E-state index in [-0.39, 0.29) is 0 Å². The van der Waals surface area contributed by atoms with Gasteiger partial charge in [0, 0.05) is 25.2 Å². The highest BCUT2D eigenvalue weighted by molar-refractivity contribution is 5.33. The van der Waals surface area contributed by atoms with Gasteiger partial charge in [0.15, 0.2) is 0 Å². The van der Waals surface area contributed by atoms with Gasteiger partial charge in [-0.15, -0.1) is 0 Å². The van der Waals surface area contributed by atoms with Gasteiger partial charge >= 0.3 is 0 Å². The van der Waals surface area contributed by atoms with Crippen LogP contribution >= 0.6 is 0 Å². The molecule has 0 radical (unpaired) electrons. The van der Waals surface area contributed by atoms with Gasteiger partial charge in [-0.1, -0.05) is 48.5 Å². The molecule has 2 rings (SSSR count). The number of benzene rings is 2. The number of para-hydroxylation sites is 1. The maximum absolute atomic E-state index is 10.2. The normalized spacial score (nSPS) is 11.7. The molecular formula is C19H25NO2. The summed E-state index contributed by atoms with van der Waals surface area (Å²) in [4.78, 5) is 2.24. The zero-order chi connectivity index (χ0) is 16.0. The number of methoxy groups -OCH3 is 1. The van der Waals surface area contributed by atoms with Gasteiger partial charge < -0.3 is 9.84 Å². The number of aliphatic hydroxyl groups is 1. The van der Waals surface area contributed by atoms with Crippen molar-refractivity contribution in [2.75, 3.05) is 13.7 Å². The van der Waals surface area contributed by atoms with E-state index in [1.165, 1.54) is 5.56 Å². The van der Waals surface area contributed by atoms with E-state index in [0.717, 1.165) is 24.4 Å². The highest BCUT2D eigenvalue weighted by Crippen LogP contribution is 2.21. The third kappa shape index (κ3) is 5.17. The summed E-state index contributed by atoms with van der Waals surface area (Å²) in [6.07, 6.45) is 0. The van der Waals surface area contributed by atoms with Crippen LogP contribution in [0.1, 0.15) is 25.0 Å². The summed E-state index contributed by atoms with van der Waals surface area (Å²) >= 11 is 0. The molecule has 0 amide bonds. The first-order chi connectivity index (χ1) is 10.5. The van der Waals surface area contributed by atoms with Crippen molar-refractivity contribution in [2.24, 2.45) is 0 Å². The first-order valence-electron chi connectivity index (χ1n) is 7.58. The summed E-state index contributed by atoms with van der Waals surface area (Å²) in [7, 11) is 1.69. The minimum absolute atomic E-state index is 0.597. The largest absolute Gasteiger partial charge is 0.496 e. The molecule has 2 aromatic rings. The van der Waals surface area contributed by atoms with E-state index in [1.54, 1.807) is 7.11 Å². The Labute approximate surface area is 133 Å². The molecule has 0 heterocycles. The van der Waals surface area contributed by atoms with E-state index in [9.17, 15) is 5.11 Å². The van der Waals surface area contributed by atoms with Crippen molar-refractivity contribution < 1.29 is 9.84 Å². The molecule has 22 heavy (non-hydrogen) atoms. The first-order valence-corrected chi connectivity index (χ1v) is 7.58.